The Bertz CT molecular complexity index is 2290. The quantitative estimate of drug-likeness (QED) is 0.183. The molecule has 55 heavy (non-hydrogen) atoms. The van der Waals surface area contributed by atoms with Crippen molar-refractivity contribution < 1.29 is 37.0 Å². The molecule has 5 fully saturated rings. The van der Waals surface area contributed by atoms with E-state index >= 15 is 4.39 Å². The normalized spacial score (nSPS) is 25.6. The molecule has 10 nitrogen and oxygen atoms in total. The number of hydrogen-bond acceptors (Lipinski definition) is 7. The predicted octanol–water partition coefficient (Wildman–Crippen LogP) is 9.76. The number of nitriles is 1. The maximum Gasteiger partial charge on any atom is 0.410 e. The molecule has 2 amide bonds. The third-order valence-corrected chi connectivity index (χ3v) is 12.6. The summed E-state index contributed by atoms with van der Waals surface area (Å²) >= 11 is 13.1. The van der Waals surface area contributed by atoms with Crippen molar-refractivity contribution in [2.24, 2.45) is 11.8 Å². The van der Waals surface area contributed by atoms with Gasteiger partial charge in [0.1, 0.15) is 11.1 Å². The predicted molar refractivity (Wildman–Crippen MR) is 200 cm³/mol. The second kappa shape index (κ2) is 13.7. The van der Waals surface area contributed by atoms with Crippen LogP contribution in [0.1, 0.15) is 75.5 Å². The molecule has 3 aliphatic heterocycles. The molecule has 7 atom stereocenters. The number of alkyl halides is 2. The van der Waals surface area contributed by atoms with Crippen molar-refractivity contribution in [3.05, 3.63) is 63.1 Å². The summed E-state index contributed by atoms with van der Waals surface area (Å²) in [6, 6.07) is 9.10. The van der Waals surface area contributed by atoms with Gasteiger partial charge in [-0.1, -0.05) is 35.3 Å². The first-order valence-corrected chi connectivity index (χ1v) is 19.2. The number of aryl methyl sites for hydroxylation is 2. The van der Waals surface area contributed by atoms with Gasteiger partial charge in [0.2, 0.25) is 0 Å². The minimum atomic E-state index is -3.00. The third-order valence-electron chi connectivity index (χ3n) is 11.8. The number of methoxy groups -OCH3 is 1. The standard InChI is InChI=1S/C40H40Cl2F3N5O5/c1-18-23-16-28(36-24-14-21(49(36)39(52)53-5)15-29(24)54-37(44)45)50(34-20-13-27(34)48(17-20)38(51)55-40(2,3)4)35(23)25-12-19(8-7-11-46)30(32(43)33(25)47-18)22-9-6-10-26(41)31(22)42/h6,9-10,12,16,20-21,24,27,29,34,36-37H,7-8,13-15,17H2,1-5H3/t20-,21-,24+,27-,29+,34+,36-/m1/s1. The molecule has 290 valence electrons. The lowest BCUT2D eigenvalue weighted by molar-refractivity contribution is -0.181. The van der Waals surface area contributed by atoms with Crippen LogP contribution in [0, 0.1) is 35.9 Å². The average Bonchev–Trinajstić information content (AvgIpc) is 3.94. The maximum absolute atomic E-state index is 17.3. The van der Waals surface area contributed by atoms with Crippen LogP contribution < -0.4 is 0 Å². The van der Waals surface area contributed by atoms with Crippen molar-refractivity contribution in [3.8, 4) is 17.2 Å². The number of hydrogen-bond donors (Lipinski definition) is 0. The second-order valence-corrected chi connectivity index (χ2v) is 16.8. The molecule has 0 spiro atoms. The summed E-state index contributed by atoms with van der Waals surface area (Å²) in [5.74, 6) is -1.16. The molecule has 5 heterocycles. The van der Waals surface area contributed by atoms with Gasteiger partial charge in [-0.15, -0.1) is 0 Å². The number of fused-ring (bicyclic) bond motifs is 6. The maximum atomic E-state index is 17.3. The minimum Gasteiger partial charge on any atom is -0.453 e. The Kier molecular flexibility index (Phi) is 9.41. The monoisotopic (exact) mass is 797 g/mol. The van der Waals surface area contributed by atoms with E-state index in [2.05, 4.69) is 10.6 Å². The van der Waals surface area contributed by atoms with E-state index in [0.29, 0.717) is 58.2 Å². The van der Waals surface area contributed by atoms with Gasteiger partial charge in [-0.2, -0.15) is 14.0 Å². The van der Waals surface area contributed by atoms with Crippen LogP contribution in [0.25, 0.3) is 32.9 Å². The number of amides is 2. The van der Waals surface area contributed by atoms with E-state index in [9.17, 15) is 23.6 Å². The fourth-order valence-electron chi connectivity index (χ4n) is 9.75. The largest absolute Gasteiger partial charge is 0.453 e. The molecule has 9 rings (SSSR count). The number of aromatic nitrogens is 2. The molecule has 3 saturated heterocycles. The van der Waals surface area contributed by atoms with E-state index in [1.54, 1.807) is 55.7 Å². The molecular weight excluding hydrogens is 758 g/mol. The van der Waals surface area contributed by atoms with Gasteiger partial charge in [0.05, 0.1) is 53.0 Å². The Morgan fingerprint density at radius 3 is 2.56 bits per heavy atom. The van der Waals surface area contributed by atoms with Gasteiger partial charge < -0.3 is 23.7 Å². The lowest BCUT2D eigenvalue weighted by Gasteiger charge is -2.43. The van der Waals surface area contributed by atoms with E-state index < -0.39 is 54.3 Å². The van der Waals surface area contributed by atoms with Gasteiger partial charge in [0.15, 0.2) is 5.82 Å². The van der Waals surface area contributed by atoms with Crippen LogP contribution in [0.5, 0.6) is 0 Å². The Morgan fingerprint density at radius 1 is 1.11 bits per heavy atom. The summed E-state index contributed by atoms with van der Waals surface area (Å²) in [7, 11) is 1.29. The van der Waals surface area contributed by atoms with Crippen LogP contribution >= 0.6 is 23.2 Å². The van der Waals surface area contributed by atoms with Crippen LogP contribution in [0.2, 0.25) is 10.0 Å². The summed E-state index contributed by atoms with van der Waals surface area (Å²) in [4.78, 5) is 35.3. The number of benzene rings is 2. The van der Waals surface area contributed by atoms with E-state index in [1.165, 1.54) is 7.11 Å². The highest BCUT2D eigenvalue weighted by Gasteiger charge is 2.60. The zero-order valence-electron chi connectivity index (χ0n) is 30.9. The number of ether oxygens (including phenoxy) is 3. The first-order valence-electron chi connectivity index (χ1n) is 18.4. The number of rotatable bonds is 7. The number of halogens is 5. The van der Waals surface area contributed by atoms with Gasteiger partial charge in [-0.05, 0) is 77.1 Å². The first-order chi connectivity index (χ1) is 26.1. The van der Waals surface area contributed by atoms with Crippen LogP contribution in [0.4, 0.5) is 22.8 Å². The first kappa shape index (κ1) is 37.7. The molecule has 0 radical (unpaired) electrons. The number of piperidine rings is 1. The lowest BCUT2D eigenvalue weighted by atomic mass is 9.79. The van der Waals surface area contributed by atoms with Crippen molar-refractivity contribution in [3.63, 3.8) is 0 Å². The van der Waals surface area contributed by atoms with Crippen LogP contribution in [-0.2, 0) is 20.6 Å². The number of likely N-dealkylation sites (tertiary alicyclic amines) is 1. The number of pyridine rings is 1. The molecule has 4 aromatic rings. The molecular formula is C40H40Cl2F3N5O5. The van der Waals surface area contributed by atoms with E-state index in [1.807, 2.05) is 12.1 Å². The third kappa shape index (κ3) is 6.07. The van der Waals surface area contributed by atoms with Gasteiger partial charge in [0, 0.05) is 64.1 Å². The van der Waals surface area contributed by atoms with Crippen molar-refractivity contribution >= 4 is 57.2 Å². The topological polar surface area (TPSA) is 110 Å². The molecule has 5 aliphatic rings. The molecule has 0 unspecified atom stereocenters. The van der Waals surface area contributed by atoms with Crippen LogP contribution in [0.3, 0.4) is 0 Å². The van der Waals surface area contributed by atoms with Gasteiger partial charge in [0.25, 0.3) is 0 Å². The van der Waals surface area contributed by atoms with Crippen molar-refractivity contribution in [2.45, 2.75) is 102 Å². The van der Waals surface area contributed by atoms with E-state index in [-0.39, 0.29) is 58.4 Å². The Balaban J connectivity index is 1.40. The zero-order chi connectivity index (χ0) is 39.2. The van der Waals surface area contributed by atoms with Gasteiger partial charge >= 0.3 is 18.8 Å². The Morgan fingerprint density at radius 2 is 1.87 bits per heavy atom. The van der Waals surface area contributed by atoms with Gasteiger partial charge in [-0.25, -0.2) is 19.0 Å². The van der Waals surface area contributed by atoms with Crippen molar-refractivity contribution in [2.75, 3.05) is 13.7 Å². The molecule has 2 aromatic heterocycles. The Hall–Kier alpha value is -4.25. The fourth-order valence-corrected chi connectivity index (χ4v) is 10.1. The number of carbonyl (C=O) groups excluding carboxylic acids is 2. The minimum absolute atomic E-state index is 0.0267. The molecule has 15 heteroatoms. The number of nitrogens with zero attached hydrogens (tertiary/aromatic N) is 5. The van der Waals surface area contributed by atoms with E-state index in [0.717, 1.165) is 0 Å². The summed E-state index contributed by atoms with van der Waals surface area (Å²) in [5, 5.41) is 11.2. The SMILES string of the molecule is COC(=O)N1[C@@H]2C[C@@H]([C@@H](OC(F)F)C2)[C@@H]1c1cc2c(C)nc3c(F)c(-c4cccc(Cl)c4Cl)c(CCC#N)cc3c2n1[C@H]1[C@@H]2C[C@H]1N(C(=O)OC(C)(C)C)C2. The summed E-state index contributed by atoms with van der Waals surface area (Å²) in [6.07, 6.45) is -0.230. The van der Waals surface area contributed by atoms with Crippen molar-refractivity contribution in [1.29, 1.82) is 5.26 Å². The van der Waals surface area contributed by atoms with Crippen molar-refractivity contribution in [1.82, 2.24) is 19.4 Å². The molecule has 2 aromatic carbocycles. The van der Waals surface area contributed by atoms with E-state index in [4.69, 9.17) is 42.4 Å². The van der Waals surface area contributed by atoms with Gasteiger partial charge in [-0.3, -0.25) is 4.90 Å². The summed E-state index contributed by atoms with van der Waals surface area (Å²) in [6.45, 7) is 4.60. The molecule has 4 bridgehead atoms. The lowest BCUT2D eigenvalue weighted by Crippen LogP contribution is -2.48. The number of carbonyl (C=O) groups is 2. The molecule has 2 saturated carbocycles. The average molecular weight is 799 g/mol. The zero-order valence-corrected chi connectivity index (χ0v) is 32.4. The van der Waals surface area contributed by atoms with Crippen LogP contribution in [-0.4, -0.2) is 75.6 Å². The smallest absolute Gasteiger partial charge is 0.410 e. The summed E-state index contributed by atoms with van der Waals surface area (Å²) < 4.78 is 63.2. The highest BCUT2D eigenvalue weighted by Crippen LogP contribution is 2.57. The fraction of sp³-hybridized carbons (Fsp3) is 0.500. The second-order valence-electron chi connectivity index (χ2n) is 16.0. The van der Waals surface area contributed by atoms with Crippen LogP contribution in [0.15, 0.2) is 30.3 Å². The molecule has 0 N–H and O–H groups in total. The highest BCUT2D eigenvalue weighted by atomic mass is 35.5. The highest BCUT2D eigenvalue weighted by molar-refractivity contribution is 6.43. The molecule has 2 aliphatic carbocycles. The Labute approximate surface area is 326 Å². The summed E-state index contributed by atoms with van der Waals surface area (Å²) in [5.41, 5.74) is 2.18.